The molecule has 154 valence electrons. The number of nitrogens with one attached hydrogen (secondary N) is 1. The molecule has 1 fully saturated rings. The maximum Gasteiger partial charge on any atom is 0.322 e. The van der Waals surface area contributed by atoms with Crippen LogP contribution in [0.25, 0.3) is 0 Å². The van der Waals surface area contributed by atoms with Crippen LogP contribution in [0, 0.1) is 0 Å². The molecule has 4 rings (SSSR count). The highest BCUT2D eigenvalue weighted by molar-refractivity contribution is 7.98. The Kier molecular flexibility index (Phi) is 5.71. The highest BCUT2D eigenvalue weighted by Crippen LogP contribution is 2.32. The number of carbonyl (C=O) groups is 2. The fraction of sp³-hybridized carbons (Fsp3) is 0.238. The SMILES string of the molecule is COc1ccc(C(=O)Nc2nnc(C3CC(=O)N(c4ccc(SC)cc4)C3)o2)cc1. The van der Waals surface area contributed by atoms with E-state index in [-0.39, 0.29) is 30.2 Å². The summed E-state index contributed by atoms with van der Waals surface area (Å²) in [5, 5.41) is 10.5. The number of hydrogen-bond donors (Lipinski definition) is 1. The van der Waals surface area contributed by atoms with Gasteiger partial charge in [0.1, 0.15) is 5.75 Å². The summed E-state index contributed by atoms with van der Waals surface area (Å²) in [5.41, 5.74) is 1.28. The number of amides is 2. The van der Waals surface area contributed by atoms with Gasteiger partial charge in [0.25, 0.3) is 5.91 Å². The van der Waals surface area contributed by atoms with Crippen molar-refractivity contribution in [2.24, 2.45) is 0 Å². The summed E-state index contributed by atoms with van der Waals surface area (Å²) in [6, 6.07) is 14.5. The first-order chi connectivity index (χ1) is 14.6. The van der Waals surface area contributed by atoms with E-state index in [0.29, 0.717) is 23.7 Å². The first-order valence-electron chi connectivity index (χ1n) is 9.30. The number of ether oxygens (including phenoxy) is 1. The summed E-state index contributed by atoms with van der Waals surface area (Å²) in [6.45, 7) is 0.450. The van der Waals surface area contributed by atoms with Crippen molar-refractivity contribution in [3.8, 4) is 5.75 Å². The number of aromatic nitrogens is 2. The zero-order chi connectivity index (χ0) is 21.1. The molecule has 8 nitrogen and oxygen atoms in total. The van der Waals surface area contributed by atoms with E-state index in [0.717, 1.165) is 10.6 Å². The third-order valence-corrected chi connectivity index (χ3v) is 5.62. The lowest BCUT2D eigenvalue weighted by Gasteiger charge is -2.16. The quantitative estimate of drug-likeness (QED) is 0.604. The van der Waals surface area contributed by atoms with Gasteiger partial charge in [-0.3, -0.25) is 14.9 Å². The van der Waals surface area contributed by atoms with E-state index in [1.165, 1.54) is 0 Å². The second-order valence-corrected chi connectivity index (χ2v) is 7.61. The Labute approximate surface area is 177 Å². The number of anilines is 2. The van der Waals surface area contributed by atoms with Gasteiger partial charge in [0, 0.05) is 29.1 Å². The summed E-state index contributed by atoms with van der Waals surface area (Å²) in [6.07, 6.45) is 2.28. The predicted molar refractivity (Wildman–Crippen MR) is 113 cm³/mol. The van der Waals surface area contributed by atoms with E-state index in [1.54, 1.807) is 48.0 Å². The minimum Gasteiger partial charge on any atom is -0.497 e. The van der Waals surface area contributed by atoms with Gasteiger partial charge in [0.05, 0.1) is 13.0 Å². The molecule has 0 bridgehead atoms. The van der Waals surface area contributed by atoms with E-state index >= 15 is 0 Å². The van der Waals surface area contributed by atoms with Crippen LogP contribution in [0.5, 0.6) is 5.75 Å². The summed E-state index contributed by atoms with van der Waals surface area (Å²) in [4.78, 5) is 27.7. The Hall–Kier alpha value is -3.33. The van der Waals surface area contributed by atoms with Crippen LogP contribution in [0.15, 0.2) is 57.8 Å². The zero-order valence-electron chi connectivity index (χ0n) is 16.5. The van der Waals surface area contributed by atoms with Gasteiger partial charge in [0.15, 0.2) is 0 Å². The number of carbonyl (C=O) groups excluding carboxylic acids is 2. The predicted octanol–water partition coefficient (Wildman–Crippen LogP) is 3.57. The van der Waals surface area contributed by atoms with E-state index in [2.05, 4.69) is 15.5 Å². The first kappa shape index (κ1) is 20.0. The number of hydrogen-bond acceptors (Lipinski definition) is 7. The lowest BCUT2D eigenvalue weighted by Crippen LogP contribution is -2.24. The Morgan fingerprint density at radius 1 is 1.17 bits per heavy atom. The molecule has 2 aromatic carbocycles. The molecule has 1 unspecified atom stereocenters. The standard InChI is InChI=1S/C21H20N4O4S/c1-28-16-7-3-13(4-8-16)19(27)22-21-24-23-20(29-21)14-11-18(26)25(12-14)15-5-9-17(30-2)10-6-15/h3-10,14H,11-12H2,1-2H3,(H,22,24,27). The molecule has 0 saturated carbocycles. The molecule has 3 aromatic rings. The van der Waals surface area contributed by atoms with Gasteiger partial charge in [-0.2, -0.15) is 0 Å². The minimum atomic E-state index is -0.370. The molecule has 1 atom stereocenters. The lowest BCUT2D eigenvalue weighted by atomic mass is 10.1. The van der Waals surface area contributed by atoms with Crippen LogP contribution in [0.3, 0.4) is 0 Å². The Balaban J connectivity index is 1.42. The number of thioether (sulfide) groups is 1. The third kappa shape index (κ3) is 4.16. The van der Waals surface area contributed by atoms with Crippen LogP contribution < -0.4 is 15.0 Å². The largest absolute Gasteiger partial charge is 0.497 e. The number of rotatable bonds is 6. The number of methoxy groups -OCH3 is 1. The number of benzene rings is 2. The highest BCUT2D eigenvalue weighted by atomic mass is 32.2. The second kappa shape index (κ2) is 8.58. The Morgan fingerprint density at radius 2 is 1.90 bits per heavy atom. The van der Waals surface area contributed by atoms with E-state index in [9.17, 15) is 9.59 Å². The molecule has 1 aliphatic rings. The molecule has 1 saturated heterocycles. The molecule has 1 aromatic heterocycles. The van der Waals surface area contributed by atoms with Crippen molar-refractivity contribution >= 4 is 35.3 Å². The van der Waals surface area contributed by atoms with Gasteiger partial charge in [-0.15, -0.1) is 16.9 Å². The molecule has 9 heteroatoms. The first-order valence-corrected chi connectivity index (χ1v) is 10.5. The maximum atomic E-state index is 12.5. The van der Waals surface area contributed by atoms with Crippen molar-refractivity contribution in [1.29, 1.82) is 0 Å². The summed E-state index contributed by atoms with van der Waals surface area (Å²) in [5.74, 6) is 0.392. The van der Waals surface area contributed by atoms with Gasteiger partial charge in [-0.05, 0) is 54.8 Å². The van der Waals surface area contributed by atoms with Crippen molar-refractivity contribution in [1.82, 2.24) is 10.2 Å². The van der Waals surface area contributed by atoms with E-state index < -0.39 is 0 Å². The number of nitrogens with zero attached hydrogens (tertiary/aromatic N) is 3. The van der Waals surface area contributed by atoms with Gasteiger partial charge in [-0.1, -0.05) is 5.10 Å². The molecule has 1 aliphatic heterocycles. The molecule has 0 radical (unpaired) electrons. The Morgan fingerprint density at radius 3 is 2.57 bits per heavy atom. The van der Waals surface area contributed by atoms with Gasteiger partial charge in [-0.25, -0.2) is 0 Å². The third-order valence-electron chi connectivity index (χ3n) is 4.87. The molecule has 1 N–H and O–H groups in total. The lowest BCUT2D eigenvalue weighted by molar-refractivity contribution is -0.117. The van der Waals surface area contributed by atoms with Crippen molar-refractivity contribution in [3.05, 3.63) is 60.0 Å². The second-order valence-electron chi connectivity index (χ2n) is 6.73. The molecular formula is C21H20N4O4S. The van der Waals surface area contributed by atoms with Crippen LogP contribution in [0.2, 0.25) is 0 Å². The average Bonchev–Trinajstić information content (AvgIpc) is 3.40. The van der Waals surface area contributed by atoms with Crippen LogP contribution in [0.4, 0.5) is 11.7 Å². The topological polar surface area (TPSA) is 97.6 Å². The van der Waals surface area contributed by atoms with Crippen molar-refractivity contribution < 1.29 is 18.7 Å². The molecule has 30 heavy (non-hydrogen) atoms. The van der Waals surface area contributed by atoms with Gasteiger partial charge >= 0.3 is 6.01 Å². The van der Waals surface area contributed by atoms with Crippen LogP contribution in [-0.4, -0.2) is 41.9 Å². The van der Waals surface area contributed by atoms with E-state index in [1.807, 2.05) is 30.5 Å². The summed E-state index contributed by atoms with van der Waals surface area (Å²) in [7, 11) is 1.56. The zero-order valence-corrected chi connectivity index (χ0v) is 17.3. The van der Waals surface area contributed by atoms with E-state index in [4.69, 9.17) is 9.15 Å². The molecule has 2 amide bonds. The average molecular weight is 424 g/mol. The normalized spacial score (nSPS) is 16.0. The van der Waals surface area contributed by atoms with Gasteiger partial charge in [0.2, 0.25) is 11.8 Å². The monoisotopic (exact) mass is 424 g/mol. The van der Waals surface area contributed by atoms with Crippen molar-refractivity contribution in [2.75, 3.05) is 30.1 Å². The fourth-order valence-corrected chi connectivity index (χ4v) is 3.65. The smallest absolute Gasteiger partial charge is 0.322 e. The minimum absolute atomic E-state index is 0.000963. The highest BCUT2D eigenvalue weighted by Gasteiger charge is 2.35. The van der Waals surface area contributed by atoms with Crippen LogP contribution in [0.1, 0.15) is 28.6 Å². The molecule has 0 aliphatic carbocycles. The molecular weight excluding hydrogens is 404 g/mol. The maximum absolute atomic E-state index is 12.5. The Bertz CT molecular complexity index is 1050. The van der Waals surface area contributed by atoms with Crippen LogP contribution in [-0.2, 0) is 4.79 Å². The fourth-order valence-electron chi connectivity index (χ4n) is 3.25. The summed E-state index contributed by atoms with van der Waals surface area (Å²) < 4.78 is 10.7. The van der Waals surface area contributed by atoms with Crippen molar-refractivity contribution in [3.63, 3.8) is 0 Å². The molecule has 0 spiro atoms. The van der Waals surface area contributed by atoms with Gasteiger partial charge < -0.3 is 14.1 Å². The summed E-state index contributed by atoms with van der Waals surface area (Å²) >= 11 is 1.65. The molecule has 2 heterocycles. The van der Waals surface area contributed by atoms with Crippen LogP contribution >= 0.6 is 11.8 Å². The van der Waals surface area contributed by atoms with Crippen molar-refractivity contribution in [2.45, 2.75) is 17.2 Å².